The molecule has 29 heavy (non-hydrogen) atoms. The first-order valence-electron chi connectivity index (χ1n) is 8.69. The molecule has 3 N–H and O–H groups in total. The number of hydrogen-bond acceptors (Lipinski definition) is 6. The second-order valence-electron chi connectivity index (χ2n) is 6.47. The SMILES string of the molecule is COc1ccc(S(=O)(=O)c2c(C(=O)O)cc(Cc3cccnc3)c(N)c2C)cc1. The Morgan fingerprint density at radius 2 is 1.90 bits per heavy atom. The van der Waals surface area contributed by atoms with Crippen molar-refractivity contribution in [2.75, 3.05) is 12.8 Å². The molecular weight excluding hydrogens is 392 g/mol. The predicted octanol–water partition coefficient (Wildman–Crippen LogP) is 3.10. The number of nitrogens with zero attached hydrogens (tertiary/aromatic N) is 1. The molecule has 3 aromatic rings. The molecule has 1 aromatic heterocycles. The highest BCUT2D eigenvalue weighted by atomic mass is 32.2. The van der Waals surface area contributed by atoms with Gasteiger partial charge in [0.05, 0.1) is 22.5 Å². The largest absolute Gasteiger partial charge is 0.497 e. The summed E-state index contributed by atoms with van der Waals surface area (Å²) in [6.07, 6.45) is 3.62. The predicted molar refractivity (Wildman–Crippen MR) is 108 cm³/mol. The van der Waals surface area contributed by atoms with Gasteiger partial charge in [-0.25, -0.2) is 13.2 Å². The molecule has 0 aliphatic heterocycles. The van der Waals surface area contributed by atoms with Crippen molar-refractivity contribution in [2.24, 2.45) is 0 Å². The molecule has 0 amide bonds. The molecule has 0 radical (unpaired) electrons. The molecule has 0 unspecified atom stereocenters. The second-order valence-corrected chi connectivity index (χ2v) is 8.36. The number of carbonyl (C=O) groups is 1. The summed E-state index contributed by atoms with van der Waals surface area (Å²) >= 11 is 0. The van der Waals surface area contributed by atoms with Gasteiger partial charge in [-0.3, -0.25) is 4.98 Å². The average molecular weight is 412 g/mol. The zero-order chi connectivity index (χ0) is 21.2. The van der Waals surface area contributed by atoms with Crippen LogP contribution in [-0.2, 0) is 16.3 Å². The molecule has 150 valence electrons. The van der Waals surface area contributed by atoms with Crippen molar-refractivity contribution in [3.8, 4) is 5.75 Å². The number of ether oxygens (including phenoxy) is 1. The topological polar surface area (TPSA) is 120 Å². The van der Waals surface area contributed by atoms with E-state index in [9.17, 15) is 18.3 Å². The van der Waals surface area contributed by atoms with Gasteiger partial charge >= 0.3 is 5.97 Å². The molecule has 0 aliphatic carbocycles. The Morgan fingerprint density at radius 3 is 2.45 bits per heavy atom. The number of benzene rings is 2. The van der Waals surface area contributed by atoms with Gasteiger partial charge in [-0.1, -0.05) is 6.07 Å². The minimum atomic E-state index is -4.11. The summed E-state index contributed by atoms with van der Waals surface area (Å²) in [4.78, 5) is 15.6. The van der Waals surface area contributed by atoms with Crippen LogP contribution in [0.4, 0.5) is 5.69 Å². The van der Waals surface area contributed by atoms with Crippen LogP contribution < -0.4 is 10.5 Å². The van der Waals surface area contributed by atoms with E-state index in [2.05, 4.69) is 4.98 Å². The average Bonchev–Trinajstić information content (AvgIpc) is 2.71. The number of aromatic carboxylic acids is 1. The van der Waals surface area contributed by atoms with E-state index >= 15 is 0 Å². The summed E-state index contributed by atoms with van der Waals surface area (Å²) in [6, 6.07) is 10.7. The normalized spacial score (nSPS) is 11.2. The standard InChI is InChI=1S/C21H20N2O5S/c1-13-19(22)15(10-14-4-3-9-23-12-14)11-18(21(24)25)20(13)29(26,27)17-7-5-16(28-2)6-8-17/h3-9,11-12H,10,22H2,1-2H3,(H,24,25). The lowest BCUT2D eigenvalue weighted by molar-refractivity contribution is 0.0692. The number of hydrogen-bond donors (Lipinski definition) is 2. The summed E-state index contributed by atoms with van der Waals surface area (Å²) in [6.45, 7) is 1.52. The van der Waals surface area contributed by atoms with Crippen molar-refractivity contribution in [1.29, 1.82) is 0 Å². The lowest BCUT2D eigenvalue weighted by Crippen LogP contribution is -2.15. The minimum Gasteiger partial charge on any atom is -0.497 e. The van der Waals surface area contributed by atoms with Crippen LogP contribution >= 0.6 is 0 Å². The number of aromatic nitrogens is 1. The van der Waals surface area contributed by atoms with Crippen LogP contribution in [0.2, 0.25) is 0 Å². The number of carboxylic acids is 1. The molecule has 0 atom stereocenters. The Morgan fingerprint density at radius 1 is 1.21 bits per heavy atom. The maximum atomic E-state index is 13.2. The number of anilines is 1. The molecule has 0 saturated carbocycles. The van der Waals surface area contributed by atoms with E-state index in [0.29, 0.717) is 17.7 Å². The number of nitrogen functional groups attached to an aromatic ring is 1. The third-order valence-corrected chi connectivity index (χ3v) is 6.60. The Kier molecular flexibility index (Phi) is 5.56. The summed E-state index contributed by atoms with van der Waals surface area (Å²) in [5, 5.41) is 9.73. The van der Waals surface area contributed by atoms with Gasteiger partial charge in [0.2, 0.25) is 9.84 Å². The van der Waals surface area contributed by atoms with Crippen LogP contribution in [0, 0.1) is 6.92 Å². The first kappa shape index (κ1) is 20.3. The molecule has 7 nitrogen and oxygen atoms in total. The third-order valence-electron chi connectivity index (χ3n) is 4.64. The number of methoxy groups -OCH3 is 1. The Bertz CT molecular complexity index is 1160. The van der Waals surface area contributed by atoms with Crippen LogP contribution in [0.3, 0.4) is 0 Å². The fourth-order valence-corrected chi connectivity index (χ4v) is 4.81. The van der Waals surface area contributed by atoms with Crippen molar-refractivity contribution >= 4 is 21.5 Å². The van der Waals surface area contributed by atoms with Gasteiger partial charge in [-0.2, -0.15) is 0 Å². The quantitative estimate of drug-likeness (QED) is 0.597. The zero-order valence-corrected chi connectivity index (χ0v) is 16.7. The molecule has 1 heterocycles. The van der Waals surface area contributed by atoms with Crippen molar-refractivity contribution in [3.05, 3.63) is 77.1 Å². The number of pyridine rings is 1. The van der Waals surface area contributed by atoms with E-state index in [-0.39, 0.29) is 26.6 Å². The van der Waals surface area contributed by atoms with Gasteiger partial charge in [-0.15, -0.1) is 0 Å². The van der Waals surface area contributed by atoms with Crippen molar-refractivity contribution in [2.45, 2.75) is 23.1 Å². The Balaban J connectivity index is 2.18. The van der Waals surface area contributed by atoms with Crippen molar-refractivity contribution in [3.63, 3.8) is 0 Å². The molecule has 0 fully saturated rings. The van der Waals surface area contributed by atoms with Gasteiger partial charge in [-0.05, 0) is 60.0 Å². The van der Waals surface area contributed by atoms with Gasteiger partial charge in [0, 0.05) is 24.5 Å². The van der Waals surface area contributed by atoms with Gasteiger partial charge in [0.25, 0.3) is 0 Å². The highest BCUT2D eigenvalue weighted by molar-refractivity contribution is 7.91. The van der Waals surface area contributed by atoms with Gasteiger partial charge in [0.1, 0.15) is 5.75 Å². The van der Waals surface area contributed by atoms with Crippen LogP contribution in [0.25, 0.3) is 0 Å². The van der Waals surface area contributed by atoms with E-state index in [1.54, 1.807) is 18.5 Å². The van der Waals surface area contributed by atoms with Crippen molar-refractivity contribution in [1.82, 2.24) is 4.98 Å². The number of sulfone groups is 1. The summed E-state index contributed by atoms with van der Waals surface area (Å²) in [7, 11) is -2.64. The summed E-state index contributed by atoms with van der Waals surface area (Å²) in [5.41, 5.74) is 7.72. The Labute approximate surface area is 168 Å². The number of nitrogens with two attached hydrogens (primary N) is 1. The summed E-state index contributed by atoms with van der Waals surface area (Å²) in [5.74, 6) is -0.849. The first-order valence-corrected chi connectivity index (χ1v) is 10.2. The van der Waals surface area contributed by atoms with Gasteiger partial charge in [0.15, 0.2) is 0 Å². The fraction of sp³-hybridized carbons (Fsp3) is 0.143. The molecule has 0 saturated heterocycles. The monoisotopic (exact) mass is 412 g/mol. The van der Waals surface area contributed by atoms with E-state index in [1.807, 2.05) is 6.07 Å². The van der Waals surface area contributed by atoms with Gasteiger partial charge < -0.3 is 15.6 Å². The zero-order valence-electron chi connectivity index (χ0n) is 15.9. The number of rotatable bonds is 6. The lowest BCUT2D eigenvalue weighted by atomic mass is 9.98. The molecule has 0 spiro atoms. The second kappa shape index (κ2) is 7.92. The van der Waals surface area contributed by atoms with E-state index in [0.717, 1.165) is 5.56 Å². The van der Waals surface area contributed by atoms with E-state index in [4.69, 9.17) is 10.5 Å². The third kappa shape index (κ3) is 3.93. The number of carboxylic acid groups (broad SMARTS) is 1. The maximum absolute atomic E-state index is 13.2. The smallest absolute Gasteiger partial charge is 0.337 e. The minimum absolute atomic E-state index is 0.0386. The summed E-state index contributed by atoms with van der Waals surface area (Å²) < 4.78 is 31.5. The van der Waals surface area contributed by atoms with Crippen LogP contribution in [-0.4, -0.2) is 31.6 Å². The lowest BCUT2D eigenvalue weighted by Gasteiger charge is -2.17. The maximum Gasteiger partial charge on any atom is 0.337 e. The fourth-order valence-electron chi connectivity index (χ4n) is 3.13. The molecule has 3 rings (SSSR count). The molecule has 0 bridgehead atoms. The van der Waals surface area contributed by atoms with E-state index < -0.39 is 15.8 Å². The van der Waals surface area contributed by atoms with Crippen LogP contribution in [0.15, 0.2) is 64.6 Å². The highest BCUT2D eigenvalue weighted by Crippen LogP contribution is 2.34. The highest BCUT2D eigenvalue weighted by Gasteiger charge is 2.29. The van der Waals surface area contributed by atoms with E-state index in [1.165, 1.54) is 44.4 Å². The van der Waals surface area contributed by atoms with Crippen molar-refractivity contribution < 1.29 is 23.1 Å². The van der Waals surface area contributed by atoms with Crippen LogP contribution in [0.1, 0.15) is 27.0 Å². The van der Waals surface area contributed by atoms with Crippen LogP contribution in [0.5, 0.6) is 5.75 Å². The first-order chi connectivity index (χ1) is 13.8. The molecular formula is C21H20N2O5S. The molecule has 2 aromatic carbocycles. The molecule has 0 aliphatic rings. The Hall–Kier alpha value is -3.39. The molecule has 8 heteroatoms.